The fourth-order valence-corrected chi connectivity index (χ4v) is 2.10. The van der Waals surface area contributed by atoms with Crippen LogP contribution in [0.15, 0.2) is 27.2 Å². The largest absolute Gasteiger partial charge is 0.441 e. The van der Waals surface area contributed by atoms with Crippen LogP contribution in [0.5, 0.6) is 0 Å². The first-order valence-corrected chi connectivity index (χ1v) is 6.21. The van der Waals surface area contributed by atoms with Gasteiger partial charge >= 0.3 is 0 Å². The molecule has 0 amide bonds. The first-order valence-electron chi connectivity index (χ1n) is 5.03. The number of rotatable bonds is 3. The van der Waals surface area contributed by atoms with E-state index < -0.39 is 0 Å². The Bertz CT molecular complexity index is 560. The summed E-state index contributed by atoms with van der Waals surface area (Å²) in [5.41, 5.74) is 0.464. The molecule has 0 bridgehead atoms. The third-order valence-corrected chi connectivity index (χ3v) is 3.04. The molecule has 0 aromatic carbocycles. The van der Waals surface area contributed by atoms with Gasteiger partial charge in [-0.05, 0) is 53.5 Å². The van der Waals surface area contributed by atoms with Gasteiger partial charge in [0.2, 0.25) is 5.78 Å². The molecule has 2 heterocycles. The summed E-state index contributed by atoms with van der Waals surface area (Å²) in [5, 5.41) is 4.34. The van der Waals surface area contributed by atoms with Crippen LogP contribution in [0.25, 0.3) is 0 Å². The molecule has 2 aromatic rings. The molecule has 4 nitrogen and oxygen atoms in total. The number of furan rings is 1. The number of carbonyl (C=O) groups excluding carboxylic acids is 1. The molecular formula is C11H10BrClN2O2. The molecule has 2 aromatic heterocycles. The van der Waals surface area contributed by atoms with Gasteiger partial charge in [0, 0.05) is 6.04 Å². The minimum atomic E-state index is -0.241. The lowest BCUT2D eigenvalue weighted by Gasteiger charge is -2.09. The van der Waals surface area contributed by atoms with E-state index in [0.29, 0.717) is 10.2 Å². The average molecular weight is 318 g/mol. The molecule has 0 N–H and O–H groups in total. The summed E-state index contributed by atoms with van der Waals surface area (Å²) in [4.78, 5) is 12.2. The maximum Gasteiger partial charge on any atom is 0.247 e. The summed E-state index contributed by atoms with van der Waals surface area (Å²) in [6.45, 7) is 3.90. The quantitative estimate of drug-likeness (QED) is 0.811. The van der Waals surface area contributed by atoms with Gasteiger partial charge in [-0.2, -0.15) is 5.10 Å². The number of carbonyl (C=O) groups is 1. The van der Waals surface area contributed by atoms with Gasteiger partial charge in [0.15, 0.2) is 11.0 Å². The van der Waals surface area contributed by atoms with Gasteiger partial charge in [-0.1, -0.05) is 0 Å². The summed E-state index contributed by atoms with van der Waals surface area (Å²) in [6, 6.07) is 3.18. The molecule has 0 spiro atoms. The number of halogens is 2. The average Bonchev–Trinajstić information content (AvgIpc) is 2.83. The molecule has 6 heteroatoms. The second-order valence-electron chi connectivity index (χ2n) is 3.81. The van der Waals surface area contributed by atoms with Crippen molar-refractivity contribution >= 4 is 33.3 Å². The Morgan fingerprint density at radius 3 is 2.76 bits per heavy atom. The number of aromatic nitrogens is 2. The summed E-state index contributed by atoms with van der Waals surface area (Å²) < 4.78 is 7.40. The summed E-state index contributed by atoms with van der Waals surface area (Å²) in [7, 11) is 0. The number of ketones is 1. The Labute approximate surface area is 112 Å². The highest BCUT2D eigenvalue weighted by molar-refractivity contribution is 9.10. The molecular weight excluding hydrogens is 307 g/mol. The monoisotopic (exact) mass is 316 g/mol. The smallest absolute Gasteiger partial charge is 0.247 e. The second kappa shape index (κ2) is 4.66. The molecule has 0 atom stereocenters. The zero-order valence-electron chi connectivity index (χ0n) is 9.28. The van der Waals surface area contributed by atoms with Crippen molar-refractivity contribution in [2.45, 2.75) is 19.9 Å². The highest BCUT2D eigenvalue weighted by atomic mass is 79.9. The standard InChI is InChI=1S/C11H10BrClN2O2/c1-6(2)15-10(7(12)5-14-15)11(16)8-3-4-9(13)17-8/h3-6H,1-2H3. The molecule has 90 valence electrons. The van der Waals surface area contributed by atoms with Crippen molar-refractivity contribution in [3.8, 4) is 0 Å². The van der Waals surface area contributed by atoms with E-state index in [0.717, 1.165) is 0 Å². The van der Waals surface area contributed by atoms with Crippen LogP contribution in [0, 0.1) is 0 Å². The Morgan fingerprint density at radius 2 is 2.24 bits per heavy atom. The Balaban J connectivity index is 2.47. The summed E-state index contributed by atoms with van der Waals surface area (Å²) in [6.07, 6.45) is 1.60. The van der Waals surface area contributed by atoms with Gasteiger partial charge in [-0.15, -0.1) is 0 Å². The Kier molecular flexibility index (Phi) is 3.40. The van der Waals surface area contributed by atoms with Gasteiger partial charge < -0.3 is 4.42 Å². The Morgan fingerprint density at radius 1 is 1.53 bits per heavy atom. The van der Waals surface area contributed by atoms with Crippen molar-refractivity contribution in [1.29, 1.82) is 0 Å². The van der Waals surface area contributed by atoms with Crippen LogP contribution in [0.4, 0.5) is 0 Å². The van der Waals surface area contributed by atoms with Crippen LogP contribution in [0.2, 0.25) is 5.22 Å². The van der Waals surface area contributed by atoms with Crippen LogP contribution in [0.3, 0.4) is 0 Å². The van der Waals surface area contributed by atoms with E-state index in [1.165, 1.54) is 0 Å². The van der Waals surface area contributed by atoms with Gasteiger partial charge in [-0.3, -0.25) is 9.48 Å². The first-order chi connectivity index (χ1) is 8.00. The lowest BCUT2D eigenvalue weighted by molar-refractivity contribution is 0.0996. The maximum absolute atomic E-state index is 12.2. The van der Waals surface area contributed by atoms with Gasteiger partial charge in [-0.25, -0.2) is 0 Å². The first kappa shape index (κ1) is 12.4. The predicted octanol–water partition coefficient (Wildman–Crippen LogP) is 3.70. The van der Waals surface area contributed by atoms with Crippen LogP contribution in [-0.2, 0) is 0 Å². The minimum absolute atomic E-state index is 0.0886. The zero-order valence-corrected chi connectivity index (χ0v) is 11.6. The van der Waals surface area contributed by atoms with E-state index in [1.54, 1.807) is 23.0 Å². The highest BCUT2D eigenvalue weighted by Crippen LogP contribution is 2.24. The fourth-order valence-electron chi connectivity index (χ4n) is 1.50. The Hall–Kier alpha value is -1.07. The maximum atomic E-state index is 12.2. The van der Waals surface area contributed by atoms with Crippen molar-refractivity contribution in [1.82, 2.24) is 9.78 Å². The van der Waals surface area contributed by atoms with E-state index in [4.69, 9.17) is 16.0 Å². The highest BCUT2D eigenvalue weighted by Gasteiger charge is 2.22. The molecule has 0 aliphatic carbocycles. The molecule has 0 saturated carbocycles. The van der Waals surface area contributed by atoms with E-state index >= 15 is 0 Å². The van der Waals surface area contributed by atoms with Crippen molar-refractivity contribution in [3.63, 3.8) is 0 Å². The number of hydrogen-bond donors (Lipinski definition) is 0. The van der Waals surface area contributed by atoms with Gasteiger partial charge in [0.25, 0.3) is 0 Å². The van der Waals surface area contributed by atoms with Crippen molar-refractivity contribution < 1.29 is 9.21 Å². The molecule has 2 rings (SSSR count). The molecule has 0 unspecified atom stereocenters. The van der Waals surface area contributed by atoms with E-state index in [2.05, 4.69) is 21.0 Å². The molecule has 0 saturated heterocycles. The number of hydrogen-bond acceptors (Lipinski definition) is 3. The normalized spacial score (nSPS) is 11.1. The third kappa shape index (κ3) is 2.30. The second-order valence-corrected chi connectivity index (χ2v) is 5.04. The lowest BCUT2D eigenvalue weighted by atomic mass is 10.2. The topological polar surface area (TPSA) is 48.0 Å². The molecule has 17 heavy (non-hydrogen) atoms. The van der Waals surface area contributed by atoms with E-state index in [9.17, 15) is 4.79 Å². The predicted molar refractivity (Wildman–Crippen MR) is 67.5 cm³/mol. The summed E-state index contributed by atoms with van der Waals surface area (Å²) in [5.74, 6) is -0.0342. The molecule has 0 aliphatic heterocycles. The third-order valence-electron chi connectivity index (χ3n) is 2.25. The minimum Gasteiger partial charge on any atom is -0.441 e. The van der Waals surface area contributed by atoms with E-state index in [-0.39, 0.29) is 22.8 Å². The fraction of sp³-hybridized carbons (Fsp3) is 0.273. The van der Waals surface area contributed by atoms with Crippen LogP contribution in [-0.4, -0.2) is 15.6 Å². The van der Waals surface area contributed by atoms with E-state index in [1.807, 2.05) is 13.8 Å². The van der Waals surface area contributed by atoms with Gasteiger partial charge in [0.1, 0.15) is 5.69 Å². The molecule has 0 fully saturated rings. The van der Waals surface area contributed by atoms with Crippen LogP contribution >= 0.6 is 27.5 Å². The zero-order chi connectivity index (χ0) is 12.6. The molecule has 0 radical (unpaired) electrons. The van der Waals surface area contributed by atoms with Crippen LogP contribution < -0.4 is 0 Å². The molecule has 0 aliphatic rings. The van der Waals surface area contributed by atoms with Crippen molar-refractivity contribution in [2.75, 3.05) is 0 Å². The van der Waals surface area contributed by atoms with Crippen molar-refractivity contribution in [3.05, 3.63) is 39.5 Å². The van der Waals surface area contributed by atoms with Crippen molar-refractivity contribution in [2.24, 2.45) is 0 Å². The lowest BCUT2D eigenvalue weighted by Crippen LogP contribution is -2.13. The SMILES string of the molecule is CC(C)n1ncc(Br)c1C(=O)c1ccc(Cl)o1. The van der Waals surface area contributed by atoms with Gasteiger partial charge in [0.05, 0.1) is 10.7 Å². The number of nitrogens with zero attached hydrogens (tertiary/aromatic N) is 2. The van der Waals surface area contributed by atoms with Crippen LogP contribution in [0.1, 0.15) is 36.1 Å². The summed E-state index contributed by atoms with van der Waals surface area (Å²) >= 11 is 8.97.